The van der Waals surface area contributed by atoms with Gasteiger partial charge < -0.3 is 14.0 Å². The van der Waals surface area contributed by atoms with Crippen molar-refractivity contribution in [2.24, 2.45) is 4.99 Å². The molecule has 1 aliphatic heterocycles. The van der Waals surface area contributed by atoms with Crippen LogP contribution in [-0.4, -0.2) is 34.2 Å². The van der Waals surface area contributed by atoms with Crippen LogP contribution in [0.2, 0.25) is 5.02 Å². The molecule has 40 heavy (non-hydrogen) atoms. The number of aromatic nitrogens is 1. The van der Waals surface area contributed by atoms with E-state index in [1.807, 2.05) is 85.8 Å². The molecule has 0 saturated carbocycles. The highest BCUT2D eigenvalue weighted by atomic mass is 35.5. The Bertz CT molecular complexity index is 1570. The van der Waals surface area contributed by atoms with Gasteiger partial charge in [0.25, 0.3) is 5.91 Å². The molecule has 1 saturated heterocycles. The van der Waals surface area contributed by atoms with Crippen LogP contribution < -0.4 is 9.47 Å². The van der Waals surface area contributed by atoms with Gasteiger partial charge in [-0.1, -0.05) is 23.7 Å². The lowest BCUT2D eigenvalue weighted by Gasteiger charge is -2.12. The molecule has 1 amide bonds. The first-order chi connectivity index (χ1) is 19.4. The van der Waals surface area contributed by atoms with Gasteiger partial charge in [-0.25, -0.2) is 4.99 Å². The molecule has 0 bridgehead atoms. The lowest BCUT2D eigenvalue weighted by molar-refractivity contribution is -0.122. The topological polar surface area (TPSA) is 56.1 Å². The molecule has 6 nitrogen and oxygen atoms in total. The van der Waals surface area contributed by atoms with Crippen molar-refractivity contribution in [1.82, 2.24) is 9.47 Å². The van der Waals surface area contributed by atoms with E-state index >= 15 is 0 Å². The minimum atomic E-state index is -0.0354. The summed E-state index contributed by atoms with van der Waals surface area (Å²) in [7, 11) is 1.63. The van der Waals surface area contributed by atoms with E-state index in [0.29, 0.717) is 28.2 Å². The Morgan fingerprint density at radius 2 is 1.62 bits per heavy atom. The van der Waals surface area contributed by atoms with Crippen molar-refractivity contribution in [3.8, 4) is 17.2 Å². The van der Waals surface area contributed by atoms with E-state index in [-0.39, 0.29) is 5.91 Å². The molecule has 0 atom stereocenters. The number of amidine groups is 1. The van der Waals surface area contributed by atoms with Crippen LogP contribution in [0.5, 0.6) is 11.5 Å². The molecule has 2 heterocycles. The summed E-state index contributed by atoms with van der Waals surface area (Å²) in [4.78, 5) is 20.3. The second-order valence-electron chi connectivity index (χ2n) is 9.32. The molecule has 4 aromatic rings. The summed E-state index contributed by atoms with van der Waals surface area (Å²) in [5.74, 6) is 1.52. The second-order valence-corrected chi connectivity index (χ2v) is 10.8. The van der Waals surface area contributed by atoms with Crippen LogP contribution in [0.3, 0.4) is 0 Å². The number of aliphatic imine (C=N–C) groups is 1. The lowest BCUT2D eigenvalue weighted by atomic mass is 10.2. The molecule has 5 rings (SSSR count). The molecule has 1 aromatic heterocycles. The molecule has 1 aliphatic rings. The second kappa shape index (κ2) is 12.1. The summed E-state index contributed by atoms with van der Waals surface area (Å²) in [6, 6.07) is 25.3. The molecule has 0 radical (unpaired) electrons. The average molecular weight is 572 g/mol. The number of benzene rings is 3. The Hall–Kier alpha value is -3.94. The number of amides is 1. The highest BCUT2D eigenvalue weighted by molar-refractivity contribution is 8.18. The largest absolute Gasteiger partial charge is 0.497 e. The van der Waals surface area contributed by atoms with Crippen molar-refractivity contribution in [3.63, 3.8) is 0 Å². The van der Waals surface area contributed by atoms with Gasteiger partial charge in [-0.2, -0.15) is 0 Å². The maximum atomic E-state index is 13.2. The lowest BCUT2D eigenvalue weighted by Crippen LogP contribution is -2.28. The molecular formula is C32H30ClN3O3S. The third kappa shape index (κ3) is 5.96. The predicted octanol–water partition coefficient (Wildman–Crippen LogP) is 7.96. The van der Waals surface area contributed by atoms with Gasteiger partial charge in [-0.15, -0.1) is 0 Å². The van der Waals surface area contributed by atoms with Gasteiger partial charge in [0.2, 0.25) is 0 Å². The van der Waals surface area contributed by atoms with Crippen molar-refractivity contribution in [3.05, 3.63) is 111 Å². The summed E-state index contributed by atoms with van der Waals surface area (Å²) in [5, 5.41) is 1.38. The van der Waals surface area contributed by atoms with Gasteiger partial charge in [0.1, 0.15) is 18.1 Å². The Morgan fingerprint density at radius 3 is 2.27 bits per heavy atom. The van der Waals surface area contributed by atoms with E-state index in [1.165, 1.54) is 11.8 Å². The number of halogens is 1. The Morgan fingerprint density at radius 1 is 0.950 bits per heavy atom. The van der Waals surface area contributed by atoms with Crippen molar-refractivity contribution < 1.29 is 14.3 Å². The molecule has 8 heteroatoms. The van der Waals surface area contributed by atoms with E-state index < -0.39 is 0 Å². The van der Waals surface area contributed by atoms with Gasteiger partial charge in [-0.05, 0) is 116 Å². The summed E-state index contributed by atoms with van der Waals surface area (Å²) in [6.45, 7) is 7.11. The number of aryl methyl sites for hydroxylation is 1. The molecule has 0 spiro atoms. The van der Waals surface area contributed by atoms with Gasteiger partial charge in [0.15, 0.2) is 5.17 Å². The maximum absolute atomic E-state index is 13.2. The summed E-state index contributed by atoms with van der Waals surface area (Å²) >= 11 is 7.37. The quantitative estimate of drug-likeness (QED) is 0.201. The van der Waals surface area contributed by atoms with E-state index in [0.717, 1.165) is 45.4 Å². The normalized spacial score (nSPS) is 15.3. The predicted molar refractivity (Wildman–Crippen MR) is 164 cm³/mol. The van der Waals surface area contributed by atoms with Crippen molar-refractivity contribution >= 4 is 46.2 Å². The first kappa shape index (κ1) is 27.6. The van der Waals surface area contributed by atoms with Crippen LogP contribution in [0.4, 0.5) is 5.69 Å². The number of ether oxygens (including phenoxy) is 2. The van der Waals surface area contributed by atoms with Crippen LogP contribution in [0.15, 0.2) is 88.8 Å². The molecule has 0 unspecified atom stereocenters. The Balaban J connectivity index is 1.35. The molecule has 3 aromatic carbocycles. The van der Waals surface area contributed by atoms with Gasteiger partial charge in [-0.3, -0.25) is 9.69 Å². The maximum Gasteiger partial charge on any atom is 0.266 e. The van der Waals surface area contributed by atoms with Crippen LogP contribution >= 0.6 is 23.4 Å². The molecule has 204 valence electrons. The molecule has 1 fully saturated rings. The van der Waals surface area contributed by atoms with Crippen LogP contribution in [0, 0.1) is 13.8 Å². The van der Waals surface area contributed by atoms with Gasteiger partial charge in [0.05, 0.1) is 17.7 Å². The van der Waals surface area contributed by atoms with E-state index in [1.54, 1.807) is 12.0 Å². The van der Waals surface area contributed by atoms with Crippen LogP contribution in [0.25, 0.3) is 11.8 Å². The average Bonchev–Trinajstić information content (AvgIpc) is 3.42. The highest BCUT2D eigenvalue weighted by Crippen LogP contribution is 2.35. The fourth-order valence-electron chi connectivity index (χ4n) is 4.55. The number of methoxy groups -OCH3 is 1. The number of hydrogen-bond donors (Lipinski definition) is 0. The van der Waals surface area contributed by atoms with E-state index in [9.17, 15) is 4.79 Å². The van der Waals surface area contributed by atoms with Gasteiger partial charge >= 0.3 is 0 Å². The molecule has 0 aliphatic carbocycles. The third-order valence-corrected chi connectivity index (χ3v) is 7.93. The zero-order chi connectivity index (χ0) is 28.2. The first-order valence-corrected chi connectivity index (χ1v) is 14.2. The number of carbonyl (C=O) groups excluding carboxylic acids is 1. The van der Waals surface area contributed by atoms with Crippen molar-refractivity contribution in [1.29, 1.82) is 0 Å². The zero-order valence-electron chi connectivity index (χ0n) is 22.8. The zero-order valence-corrected chi connectivity index (χ0v) is 24.4. The first-order valence-electron chi connectivity index (χ1n) is 13.0. The fraction of sp³-hybridized carbons (Fsp3) is 0.188. The molecular weight excluding hydrogens is 542 g/mol. The van der Waals surface area contributed by atoms with Gasteiger partial charge in [0, 0.05) is 28.6 Å². The number of hydrogen-bond acceptors (Lipinski definition) is 5. The SMILES string of the molecule is CCN1C(=O)/C(=C\c2cc(C)n(-c3ccc(OCc4ccc(Cl)cc4)cc3)c2C)SC1=Nc1ccc(OC)cc1. The van der Waals surface area contributed by atoms with Crippen LogP contribution in [0.1, 0.15) is 29.4 Å². The smallest absolute Gasteiger partial charge is 0.266 e. The monoisotopic (exact) mass is 571 g/mol. The van der Waals surface area contributed by atoms with Crippen molar-refractivity contribution in [2.45, 2.75) is 27.4 Å². The summed E-state index contributed by atoms with van der Waals surface area (Å²) < 4.78 is 13.4. The fourth-order valence-corrected chi connectivity index (χ4v) is 5.73. The number of likely N-dealkylation sites (N-methyl/N-ethyl adjacent to an activating group) is 1. The van der Waals surface area contributed by atoms with E-state index in [2.05, 4.69) is 24.5 Å². The number of carbonyl (C=O) groups is 1. The number of thioether (sulfide) groups is 1. The summed E-state index contributed by atoms with van der Waals surface area (Å²) in [5.41, 5.74) is 5.99. The molecule has 0 N–H and O–H groups in total. The van der Waals surface area contributed by atoms with Crippen molar-refractivity contribution in [2.75, 3.05) is 13.7 Å². The van der Waals surface area contributed by atoms with E-state index in [4.69, 9.17) is 26.1 Å². The third-order valence-electron chi connectivity index (χ3n) is 6.67. The minimum absolute atomic E-state index is 0.0354. The van der Waals surface area contributed by atoms with Crippen LogP contribution in [-0.2, 0) is 11.4 Å². The minimum Gasteiger partial charge on any atom is -0.497 e. The Labute approximate surface area is 243 Å². The Kier molecular flexibility index (Phi) is 8.33. The highest BCUT2D eigenvalue weighted by Gasteiger charge is 2.32. The number of nitrogens with zero attached hydrogens (tertiary/aromatic N) is 3. The number of rotatable bonds is 8. The summed E-state index contributed by atoms with van der Waals surface area (Å²) in [6.07, 6.45) is 1.97. The standard InChI is InChI=1S/C32H30ClN3O3S/c1-5-35-31(37)30(40-32(35)34-26-10-14-28(38-4)15-11-26)19-24-18-21(2)36(22(24)3)27-12-16-29(17-13-27)39-20-23-6-8-25(33)9-7-23/h6-19H,5,20H2,1-4H3/b30-19+,34-32?.